The first-order chi connectivity index (χ1) is 7.58. The summed E-state index contributed by atoms with van der Waals surface area (Å²) < 4.78 is 1.06. The van der Waals surface area contributed by atoms with Crippen LogP contribution in [0.25, 0.3) is 0 Å². The Morgan fingerprint density at radius 3 is 2.50 bits per heavy atom. The molecule has 84 valence electrons. The molecule has 0 saturated heterocycles. The minimum atomic E-state index is -0.207. The third-order valence-corrected chi connectivity index (χ3v) is 4.47. The fourth-order valence-corrected chi connectivity index (χ4v) is 3.37. The van der Waals surface area contributed by atoms with Crippen LogP contribution < -0.4 is 5.73 Å². The highest BCUT2D eigenvalue weighted by Gasteiger charge is 2.14. The molecule has 1 unspecified atom stereocenters. The summed E-state index contributed by atoms with van der Waals surface area (Å²) in [5.74, 6) is 0. The average Bonchev–Trinajstić information content (AvgIpc) is 2.64. The fourth-order valence-electron chi connectivity index (χ4n) is 1.40. The molecule has 0 spiro atoms. The molecule has 0 bridgehead atoms. The van der Waals surface area contributed by atoms with Crippen LogP contribution in [-0.4, -0.2) is 0 Å². The van der Waals surface area contributed by atoms with E-state index in [-0.39, 0.29) is 6.04 Å². The number of hydrogen-bond acceptors (Lipinski definition) is 2. The zero-order chi connectivity index (χ0) is 11.7. The summed E-state index contributed by atoms with van der Waals surface area (Å²) in [4.78, 5) is 1.07. The third kappa shape index (κ3) is 2.60. The molecule has 1 aromatic carbocycles. The van der Waals surface area contributed by atoms with Crippen LogP contribution in [0, 0.1) is 0 Å². The standard InChI is InChI=1S/C11H8BrCl2NS/c12-10-4-3-9(16-10)11(15)7-2-1-6(13)5-8(7)14/h1-5,11H,15H2. The summed E-state index contributed by atoms with van der Waals surface area (Å²) in [6, 6.07) is 9.13. The lowest BCUT2D eigenvalue weighted by Crippen LogP contribution is -2.10. The van der Waals surface area contributed by atoms with Gasteiger partial charge in [0.05, 0.1) is 9.83 Å². The quantitative estimate of drug-likeness (QED) is 0.832. The molecule has 0 fully saturated rings. The SMILES string of the molecule is NC(c1ccc(Br)s1)c1ccc(Cl)cc1Cl. The molecule has 2 aromatic rings. The lowest BCUT2D eigenvalue weighted by atomic mass is 10.1. The minimum Gasteiger partial charge on any atom is -0.320 e. The van der Waals surface area contributed by atoms with Crippen LogP contribution in [0.3, 0.4) is 0 Å². The Hall–Kier alpha value is -0.0600. The van der Waals surface area contributed by atoms with Gasteiger partial charge in [0, 0.05) is 14.9 Å². The number of benzene rings is 1. The molecular formula is C11H8BrCl2NS. The predicted molar refractivity (Wildman–Crippen MR) is 74.5 cm³/mol. The van der Waals surface area contributed by atoms with E-state index in [0.717, 1.165) is 14.2 Å². The van der Waals surface area contributed by atoms with E-state index < -0.39 is 0 Å². The van der Waals surface area contributed by atoms with Gasteiger partial charge in [0.1, 0.15) is 0 Å². The molecule has 1 heterocycles. The molecule has 0 saturated carbocycles. The summed E-state index contributed by atoms with van der Waals surface area (Å²) in [6.45, 7) is 0. The van der Waals surface area contributed by atoms with Crippen molar-refractivity contribution in [3.8, 4) is 0 Å². The topological polar surface area (TPSA) is 26.0 Å². The van der Waals surface area contributed by atoms with Crippen molar-refractivity contribution in [3.05, 3.63) is 54.6 Å². The molecule has 5 heteroatoms. The molecule has 2 rings (SSSR count). The van der Waals surface area contributed by atoms with E-state index in [4.69, 9.17) is 28.9 Å². The molecule has 16 heavy (non-hydrogen) atoms. The molecule has 1 aromatic heterocycles. The molecular weight excluding hydrogens is 329 g/mol. The summed E-state index contributed by atoms with van der Waals surface area (Å²) >= 11 is 17.0. The minimum absolute atomic E-state index is 0.207. The first-order valence-electron chi connectivity index (χ1n) is 4.53. The van der Waals surface area contributed by atoms with E-state index in [1.807, 2.05) is 18.2 Å². The molecule has 0 radical (unpaired) electrons. The maximum Gasteiger partial charge on any atom is 0.0702 e. The van der Waals surface area contributed by atoms with Crippen LogP contribution >= 0.6 is 50.5 Å². The van der Waals surface area contributed by atoms with Crippen molar-refractivity contribution in [2.75, 3.05) is 0 Å². The van der Waals surface area contributed by atoms with Gasteiger partial charge in [-0.05, 0) is 45.8 Å². The highest BCUT2D eigenvalue weighted by molar-refractivity contribution is 9.11. The summed E-state index contributed by atoms with van der Waals surface area (Å²) in [5.41, 5.74) is 7.03. The van der Waals surface area contributed by atoms with Gasteiger partial charge in [0.15, 0.2) is 0 Å². The van der Waals surface area contributed by atoms with Crippen LogP contribution in [0.4, 0.5) is 0 Å². The Balaban J connectivity index is 2.37. The number of halogens is 3. The monoisotopic (exact) mass is 335 g/mol. The molecule has 1 atom stereocenters. The van der Waals surface area contributed by atoms with Crippen molar-refractivity contribution in [1.29, 1.82) is 0 Å². The van der Waals surface area contributed by atoms with Crippen molar-refractivity contribution in [3.63, 3.8) is 0 Å². The highest BCUT2D eigenvalue weighted by atomic mass is 79.9. The molecule has 0 amide bonds. The van der Waals surface area contributed by atoms with E-state index in [0.29, 0.717) is 10.0 Å². The van der Waals surface area contributed by atoms with Crippen LogP contribution in [0.1, 0.15) is 16.5 Å². The van der Waals surface area contributed by atoms with E-state index in [9.17, 15) is 0 Å². The largest absolute Gasteiger partial charge is 0.320 e. The van der Waals surface area contributed by atoms with Gasteiger partial charge in [0.2, 0.25) is 0 Å². The number of hydrogen-bond donors (Lipinski definition) is 1. The molecule has 0 aliphatic rings. The zero-order valence-electron chi connectivity index (χ0n) is 8.08. The molecule has 0 aliphatic carbocycles. The first-order valence-corrected chi connectivity index (χ1v) is 6.90. The van der Waals surface area contributed by atoms with Crippen LogP contribution in [-0.2, 0) is 0 Å². The van der Waals surface area contributed by atoms with Crippen molar-refractivity contribution >= 4 is 50.5 Å². The first kappa shape index (κ1) is 12.4. The van der Waals surface area contributed by atoms with Crippen LogP contribution in [0.15, 0.2) is 34.1 Å². The van der Waals surface area contributed by atoms with Crippen LogP contribution in [0.5, 0.6) is 0 Å². The third-order valence-electron chi connectivity index (χ3n) is 2.20. The zero-order valence-corrected chi connectivity index (χ0v) is 12.0. The van der Waals surface area contributed by atoms with Gasteiger partial charge in [-0.25, -0.2) is 0 Å². The summed E-state index contributed by atoms with van der Waals surface area (Å²) in [6.07, 6.45) is 0. The molecule has 1 nitrogen and oxygen atoms in total. The van der Waals surface area contributed by atoms with Gasteiger partial charge in [-0.2, -0.15) is 0 Å². The van der Waals surface area contributed by atoms with E-state index >= 15 is 0 Å². The summed E-state index contributed by atoms with van der Waals surface area (Å²) in [5, 5.41) is 1.22. The van der Waals surface area contributed by atoms with E-state index in [2.05, 4.69) is 15.9 Å². The van der Waals surface area contributed by atoms with Crippen molar-refractivity contribution in [1.82, 2.24) is 0 Å². The van der Waals surface area contributed by atoms with Gasteiger partial charge in [-0.3, -0.25) is 0 Å². The Bertz CT molecular complexity index is 512. The number of thiophene rings is 1. The van der Waals surface area contributed by atoms with Gasteiger partial charge in [-0.15, -0.1) is 11.3 Å². The van der Waals surface area contributed by atoms with E-state index in [1.165, 1.54) is 0 Å². The molecule has 0 aliphatic heterocycles. The maximum atomic E-state index is 6.14. The van der Waals surface area contributed by atoms with Crippen LogP contribution in [0.2, 0.25) is 10.0 Å². The second-order valence-corrected chi connectivity index (χ2v) is 6.62. The van der Waals surface area contributed by atoms with Gasteiger partial charge in [0.25, 0.3) is 0 Å². The van der Waals surface area contributed by atoms with Crippen molar-refractivity contribution in [2.24, 2.45) is 5.73 Å². The Kier molecular flexibility index (Phi) is 3.93. The number of nitrogens with two attached hydrogens (primary N) is 1. The number of rotatable bonds is 2. The molecule has 2 N–H and O–H groups in total. The normalized spacial score (nSPS) is 12.8. The van der Waals surface area contributed by atoms with Gasteiger partial charge in [-0.1, -0.05) is 29.3 Å². The lowest BCUT2D eigenvalue weighted by Gasteiger charge is -2.12. The highest BCUT2D eigenvalue weighted by Crippen LogP contribution is 2.33. The van der Waals surface area contributed by atoms with E-state index in [1.54, 1.807) is 23.5 Å². The second kappa shape index (κ2) is 5.07. The Labute approximate surface area is 116 Å². The van der Waals surface area contributed by atoms with Gasteiger partial charge < -0.3 is 5.73 Å². The fraction of sp³-hybridized carbons (Fsp3) is 0.0909. The Morgan fingerprint density at radius 1 is 1.19 bits per heavy atom. The average molecular weight is 337 g/mol. The second-order valence-electron chi connectivity index (χ2n) is 3.29. The van der Waals surface area contributed by atoms with Crippen molar-refractivity contribution in [2.45, 2.75) is 6.04 Å². The van der Waals surface area contributed by atoms with Gasteiger partial charge >= 0.3 is 0 Å². The van der Waals surface area contributed by atoms with Crippen molar-refractivity contribution < 1.29 is 0 Å². The Morgan fingerprint density at radius 2 is 1.94 bits per heavy atom. The maximum absolute atomic E-state index is 6.14. The smallest absolute Gasteiger partial charge is 0.0702 e. The lowest BCUT2D eigenvalue weighted by molar-refractivity contribution is 0.894. The predicted octanol–water partition coefficient (Wildman–Crippen LogP) is 4.87. The summed E-state index contributed by atoms with van der Waals surface area (Å²) in [7, 11) is 0.